The highest BCUT2D eigenvalue weighted by molar-refractivity contribution is 5.30. The van der Waals surface area contributed by atoms with Crippen molar-refractivity contribution >= 4 is 5.95 Å². The summed E-state index contributed by atoms with van der Waals surface area (Å²) in [5.41, 5.74) is -0.909. The number of halogens is 3. The van der Waals surface area contributed by atoms with Crippen LogP contribution in [-0.2, 0) is 6.18 Å². The van der Waals surface area contributed by atoms with Crippen LogP contribution in [0.3, 0.4) is 0 Å². The van der Waals surface area contributed by atoms with Crippen molar-refractivity contribution in [3.8, 4) is 0 Å². The smallest absolute Gasteiger partial charge is 0.340 e. The molecule has 0 atom stereocenters. The Bertz CT molecular complexity index is 393. The Hall–Kier alpha value is -1.37. The Morgan fingerprint density at radius 3 is 2.58 bits per heavy atom. The molecule has 0 aliphatic heterocycles. The first kappa shape index (κ1) is 15.7. The van der Waals surface area contributed by atoms with E-state index in [9.17, 15) is 13.2 Å². The molecule has 0 bridgehead atoms. The van der Waals surface area contributed by atoms with Gasteiger partial charge in [0.15, 0.2) is 0 Å². The summed E-state index contributed by atoms with van der Waals surface area (Å²) >= 11 is 0. The van der Waals surface area contributed by atoms with Crippen molar-refractivity contribution in [2.24, 2.45) is 0 Å². The number of hydrogen-bond donors (Lipinski definition) is 1. The van der Waals surface area contributed by atoms with Crippen LogP contribution in [0.25, 0.3) is 0 Å². The van der Waals surface area contributed by atoms with Crippen LogP contribution < -0.4 is 10.2 Å². The monoisotopic (exact) mass is 276 g/mol. The molecule has 0 aromatic carbocycles. The molecule has 0 aliphatic carbocycles. The highest BCUT2D eigenvalue weighted by Crippen LogP contribution is 2.27. The van der Waals surface area contributed by atoms with Gasteiger partial charge in [-0.3, -0.25) is 0 Å². The SMILES string of the molecule is CCN(CCNC(C)C)c1nccc(C(F)(F)F)n1. The van der Waals surface area contributed by atoms with E-state index in [2.05, 4.69) is 15.3 Å². The maximum absolute atomic E-state index is 12.6. The number of aromatic nitrogens is 2. The number of likely N-dealkylation sites (N-methyl/N-ethyl adjacent to an activating group) is 1. The van der Waals surface area contributed by atoms with Crippen molar-refractivity contribution in [2.75, 3.05) is 24.5 Å². The molecule has 0 aliphatic rings. The van der Waals surface area contributed by atoms with Crippen LogP contribution in [-0.4, -0.2) is 35.6 Å². The fourth-order valence-electron chi connectivity index (χ4n) is 1.55. The Labute approximate surface area is 111 Å². The van der Waals surface area contributed by atoms with E-state index in [1.807, 2.05) is 20.8 Å². The van der Waals surface area contributed by atoms with Gasteiger partial charge in [-0.05, 0) is 13.0 Å². The summed E-state index contributed by atoms with van der Waals surface area (Å²) in [4.78, 5) is 9.20. The Kier molecular flexibility index (Phi) is 5.53. The number of alkyl halides is 3. The quantitative estimate of drug-likeness (QED) is 0.865. The largest absolute Gasteiger partial charge is 0.433 e. The van der Waals surface area contributed by atoms with E-state index in [0.717, 1.165) is 12.3 Å². The molecule has 0 amide bonds. The maximum atomic E-state index is 12.6. The number of nitrogens with zero attached hydrogens (tertiary/aromatic N) is 3. The average molecular weight is 276 g/mol. The summed E-state index contributed by atoms with van der Waals surface area (Å²) in [5, 5.41) is 3.21. The molecular formula is C12H19F3N4. The van der Waals surface area contributed by atoms with E-state index in [-0.39, 0.29) is 5.95 Å². The van der Waals surface area contributed by atoms with Crippen LogP contribution in [0.15, 0.2) is 12.3 Å². The first-order valence-corrected chi connectivity index (χ1v) is 6.23. The topological polar surface area (TPSA) is 41.0 Å². The Morgan fingerprint density at radius 2 is 2.05 bits per heavy atom. The molecule has 1 aromatic heterocycles. The second kappa shape index (κ2) is 6.70. The predicted molar refractivity (Wildman–Crippen MR) is 68.1 cm³/mol. The minimum absolute atomic E-state index is 0.114. The van der Waals surface area contributed by atoms with E-state index in [4.69, 9.17) is 0 Å². The Morgan fingerprint density at radius 1 is 1.37 bits per heavy atom. The van der Waals surface area contributed by atoms with Gasteiger partial charge in [0.25, 0.3) is 0 Å². The average Bonchev–Trinajstić information content (AvgIpc) is 2.33. The maximum Gasteiger partial charge on any atom is 0.433 e. The normalized spacial score (nSPS) is 11.9. The third-order valence-electron chi connectivity index (χ3n) is 2.53. The first-order valence-electron chi connectivity index (χ1n) is 6.23. The fraction of sp³-hybridized carbons (Fsp3) is 0.667. The Balaban J connectivity index is 2.75. The first-order chi connectivity index (χ1) is 8.84. The molecule has 0 radical (unpaired) electrons. The molecular weight excluding hydrogens is 257 g/mol. The van der Waals surface area contributed by atoms with E-state index < -0.39 is 11.9 Å². The predicted octanol–water partition coefficient (Wildman–Crippen LogP) is 2.32. The third-order valence-corrected chi connectivity index (χ3v) is 2.53. The second-order valence-corrected chi connectivity index (χ2v) is 4.43. The highest BCUT2D eigenvalue weighted by Gasteiger charge is 2.33. The molecule has 0 saturated heterocycles. The molecule has 0 unspecified atom stereocenters. The minimum Gasteiger partial charge on any atom is -0.340 e. The lowest BCUT2D eigenvalue weighted by atomic mass is 10.4. The lowest BCUT2D eigenvalue weighted by molar-refractivity contribution is -0.141. The van der Waals surface area contributed by atoms with Gasteiger partial charge in [-0.25, -0.2) is 9.97 Å². The van der Waals surface area contributed by atoms with Crippen molar-refractivity contribution in [2.45, 2.75) is 33.0 Å². The van der Waals surface area contributed by atoms with Gasteiger partial charge in [0.05, 0.1) is 0 Å². The number of nitrogens with one attached hydrogen (secondary N) is 1. The molecule has 1 heterocycles. The van der Waals surface area contributed by atoms with Crippen LogP contribution in [0.4, 0.5) is 19.1 Å². The summed E-state index contributed by atoms with van der Waals surface area (Å²) in [7, 11) is 0. The van der Waals surface area contributed by atoms with Gasteiger partial charge in [-0.15, -0.1) is 0 Å². The second-order valence-electron chi connectivity index (χ2n) is 4.43. The molecule has 0 fully saturated rings. The standard InChI is InChI=1S/C12H19F3N4/c1-4-19(8-7-16-9(2)3)11-17-6-5-10(18-11)12(13,14)15/h5-6,9,16H,4,7-8H2,1-3H3. The van der Waals surface area contributed by atoms with E-state index in [1.165, 1.54) is 0 Å². The van der Waals surface area contributed by atoms with Gasteiger partial charge >= 0.3 is 6.18 Å². The molecule has 1 aromatic rings. The van der Waals surface area contributed by atoms with Crippen LogP contribution in [0.5, 0.6) is 0 Å². The van der Waals surface area contributed by atoms with Crippen LogP contribution >= 0.6 is 0 Å². The minimum atomic E-state index is -4.44. The van der Waals surface area contributed by atoms with Gasteiger partial charge in [-0.1, -0.05) is 13.8 Å². The van der Waals surface area contributed by atoms with Gasteiger partial charge in [0, 0.05) is 31.9 Å². The third kappa shape index (κ3) is 5.02. The van der Waals surface area contributed by atoms with Gasteiger partial charge in [0.2, 0.25) is 5.95 Å². The number of hydrogen-bond acceptors (Lipinski definition) is 4. The number of anilines is 1. The molecule has 0 saturated carbocycles. The van der Waals surface area contributed by atoms with Gasteiger partial charge < -0.3 is 10.2 Å². The van der Waals surface area contributed by atoms with Gasteiger partial charge in [0.1, 0.15) is 5.69 Å². The van der Waals surface area contributed by atoms with E-state index in [1.54, 1.807) is 4.90 Å². The van der Waals surface area contributed by atoms with Crippen molar-refractivity contribution in [1.29, 1.82) is 0 Å². The molecule has 1 rings (SSSR count). The van der Waals surface area contributed by atoms with E-state index in [0.29, 0.717) is 25.7 Å². The summed E-state index contributed by atoms with van der Waals surface area (Å²) in [6.45, 7) is 7.68. The summed E-state index contributed by atoms with van der Waals surface area (Å²) < 4.78 is 37.7. The van der Waals surface area contributed by atoms with Crippen molar-refractivity contribution in [1.82, 2.24) is 15.3 Å². The van der Waals surface area contributed by atoms with Crippen molar-refractivity contribution < 1.29 is 13.2 Å². The molecule has 7 heteroatoms. The van der Waals surface area contributed by atoms with Crippen molar-refractivity contribution in [3.63, 3.8) is 0 Å². The summed E-state index contributed by atoms with van der Waals surface area (Å²) in [6, 6.07) is 1.21. The molecule has 19 heavy (non-hydrogen) atoms. The summed E-state index contributed by atoms with van der Waals surface area (Å²) in [5.74, 6) is 0.114. The highest BCUT2D eigenvalue weighted by atomic mass is 19.4. The molecule has 0 spiro atoms. The van der Waals surface area contributed by atoms with Crippen LogP contribution in [0.1, 0.15) is 26.5 Å². The zero-order valence-electron chi connectivity index (χ0n) is 11.3. The lowest BCUT2D eigenvalue weighted by Crippen LogP contribution is -2.36. The van der Waals surface area contributed by atoms with Crippen LogP contribution in [0, 0.1) is 0 Å². The molecule has 1 N–H and O–H groups in total. The van der Waals surface area contributed by atoms with Crippen LogP contribution in [0.2, 0.25) is 0 Å². The zero-order valence-corrected chi connectivity index (χ0v) is 11.3. The van der Waals surface area contributed by atoms with Crippen molar-refractivity contribution in [3.05, 3.63) is 18.0 Å². The molecule has 4 nitrogen and oxygen atoms in total. The fourth-order valence-corrected chi connectivity index (χ4v) is 1.55. The van der Waals surface area contributed by atoms with E-state index >= 15 is 0 Å². The number of rotatable bonds is 6. The van der Waals surface area contributed by atoms with Gasteiger partial charge in [-0.2, -0.15) is 13.2 Å². The lowest BCUT2D eigenvalue weighted by Gasteiger charge is -2.22. The summed E-state index contributed by atoms with van der Waals surface area (Å²) in [6.07, 6.45) is -3.29. The molecule has 108 valence electrons. The zero-order chi connectivity index (χ0) is 14.5.